The molecule has 3 aliphatic heterocycles. The number of rotatable bonds is 11. The molecular formula is C23H29N9O7S3. The van der Waals surface area contributed by atoms with Crippen LogP contribution in [-0.2, 0) is 24.0 Å². The molecule has 0 aliphatic carbocycles. The largest absolute Gasteiger partial charge is 0.478 e. The number of amidine groups is 1. The summed E-state index contributed by atoms with van der Waals surface area (Å²) < 4.78 is 0. The Balaban J connectivity index is 1.50. The van der Waals surface area contributed by atoms with Crippen LogP contribution in [0.25, 0.3) is 0 Å². The van der Waals surface area contributed by atoms with E-state index in [-0.39, 0.29) is 39.6 Å². The molecule has 1 aromatic heterocycles. The minimum Gasteiger partial charge on any atom is -0.478 e. The predicted molar refractivity (Wildman–Crippen MR) is 158 cm³/mol. The number of carbonyl (C=O) groups is 4. The van der Waals surface area contributed by atoms with Crippen molar-refractivity contribution in [2.24, 2.45) is 21.6 Å². The van der Waals surface area contributed by atoms with E-state index in [0.29, 0.717) is 17.3 Å². The Hall–Kier alpha value is -3.81. The normalized spacial score (nSPS) is 23.0. The third-order valence-electron chi connectivity index (χ3n) is 6.18. The van der Waals surface area contributed by atoms with Crippen LogP contribution in [0.4, 0.5) is 5.13 Å². The Morgan fingerprint density at radius 1 is 1.33 bits per heavy atom. The summed E-state index contributed by atoms with van der Waals surface area (Å²) in [5, 5.41) is 26.7. The molecule has 0 spiro atoms. The molecule has 1 saturated heterocycles. The maximum absolute atomic E-state index is 13.2. The molecule has 1 aromatic rings. The highest BCUT2D eigenvalue weighted by molar-refractivity contribution is 8.14. The molecule has 2 amide bonds. The summed E-state index contributed by atoms with van der Waals surface area (Å²) in [6.45, 7) is 3.85. The molecular weight excluding hydrogens is 611 g/mol. The van der Waals surface area contributed by atoms with E-state index in [0.717, 1.165) is 22.7 Å². The van der Waals surface area contributed by atoms with E-state index in [9.17, 15) is 24.3 Å². The van der Waals surface area contributed by atoms with Crippen LogP contribution in [-0.4, -0.2) is 101 Å². The lowest BCUT2D eigenvalue weighted by Crippen LogP contribution is -2.71. The molecule has 0 saturated carbocycles. The molecule has 4 rings (SSSR count). The van der Waals surface area contributed by atoms with Gasteiger partial charge in [0, 0.05) is 23.4 Å². The number of nitrogens with one attached hydrogen (secondary N) is 1. The monoisotopic (exact) mass is 639 g/mol. The Morgan fingerprint density at radius 2 is 2.07 bits per heavy atom. The molecule has 2 unspecified atom stereocenters. The number of nitrogens with two attached hydrogens (primary N) is 3. The van der Waals surface area contributed by atoms with Crippen LogP contribution in [0.1, 0.15) is 26.0 Å². The number of aromatic nitrogens is 1. The van der Waals surface area contributed by atoms with Crippen LogP contribution in [0, 0.1) is 0 Å². The number of aliphatic carboxylic acids is 2. The number of aliphatic imine (C=N–C) groups is 1. The van der Waals surface area contributed by atoms with E-state index in [4.69, 9.17) is 27.1 Å². The summed E-state index contributed by atoms with van der Waals surface area (Å²) in [6.07, 6.45) is 0.615. The van der Waals surface area contributed by atoms with Gasteiger partial charge in [-0.25, -0.2) is 19.6 Å². The van der Waals surface area contributed by atoms with Crippen LogP contribution in [0.3, 0.4) is 0 Å². The van der Waals surface area contributed by atoms with Gasteiger partial charge in [0.05, 0.1) is 0 Å². The lowest BCUT2D eigenvalue weighted by molar-refractivity contribution is -0.150. The van der Waals surface area contributed by atoms with Crippen molar-refractivity contribution >= 4 is 74.6 Å². The number of hydrogen-bond acceptors (Lipinski definition) is 15. The Labute approximate surface area is 252 Å². The van der Waals surface area contributed by atoms with Gasteiger partial charge in [-0.05, 0) is 25.0 Å². The number of anilines is 1. The van der Waals surface area contributed by atoms with E-state index in [2.05, 4.69) is 20.4 Å². The Kier molecular flexibility index (Phi) is 9.64. The number of nitrogens with zero attached hydrogens (tertiary/aromatic N) is 5. The fourth-order valence-corrected chi connectivity index (χ4v) is 7.25. The predicted octanol–water partition coefficient (Wildman–Crippen LogP) is -0.443. The van der Waals surface area contributed by atoms with Crippen molar-refractivity contribution in [1.82, 2.24) is 20.1 Å². The second-order valence-electron chi connectivity index (χ2n) is 9.17. The summed E-state index contributed by atoms with van der Waals surface area (Å²) in [6, 6.07) is -1.07. The number of amides is 2. The van der Waals surface area contributed by atoms with E-state index in [1.165, 1.54) is 35.8 Å². The van der Waals surface area contributed by atoms with Gasteiger partial charge in [-0.3, -0.25) is 14.5 Å². The first kappa shape index (κ1) is 31.1. The molecule has 4 atom stereocenters. The number of thioether (sulfide) groups is 2. The summed E-state index contributed by atoms with van der Waals surface area (Å²) in [7, 11) is 0. The first-order valence-corrected chi connectivity index (χ1v) is 15.4. The number of carboxylic acids is 2. The van der Waals surface area contributed by atoms with Gasteiger partial charge in [0.25, 0.3) is 11.8 Å². The first-order chi connectivity index (χ1) is 19.9. The molecule has 16 nitrogen and oxygen atoms in total. The summed E-state index contributed by atoms with van der Waals surface area (Å²) in [5.74, 6) is -3.32. The van der Waals surface area contributed by atoms with Crippen molar-refractivity contribution in [1.29, 1.82) is 0 Å². The van der Waals surface area contributed by atoms with E-state index in [1.54, 1.807) is 6.08 Å². The van der Waals surface area contributed by atoms with Gasteiger partial charge in [-0.15, -0.1) is 23.1 Å². The number of carboxylic acid groups (broad SMARTS) is 2. The minimum atomic E-state index is -1.37. The van der Waals surface area contributed by atoms with Gasteiger partial charge < -0.3 is 42.5 Å². The fraction of sp³-hybridized carbons (Fsp3) is 0.435. The molecule has 226 valence electrons. The zero-order valence-corrected chi connectivity index (χ0v) is 24.9. The van der Waals surface area contributed by atoms with Crippen LogP contribution in [0.2, 0.25) is 0 Å². The molecule has 4 heterocycles. The number of hydrogen-bond donors (Lipinski definition) is 6. The Morgan fingerprint density at radius 3 is 2.69 bits per heavy atom. The zero-order valence-electron chi connectivity index (χ0n) is 22.4. The Bertz CT molecular complexity index is 1410. The molecule has 0 radical (unpaired) electrons. The van der Waals surface area contributed by atoms with Crippen molar-refractivity contribution in [2.45, 2.75) is 44.0 Å². The van der Waals surface area contributed by atoms with E-state index >= 15 is 0 Å². The van der Waals surface area contributed by atoms with Gasteiger partial charge in [0.2, 0.25) is 6.10 Å². The summed E-state index contributed by atoms with van der Waals surface area (Å²) in [5.41, 5.74) is 17.7. The molecule has 19 heteroatoms. The van der Waals surface area contributed by atoms with Crippen molar-refractivity contribution in [3.63, 3.8) is 0 Å². The highest BCUT2D eigenvalue weighted by Gasteiger charge is 2.54. The van der Waals surface area contributed by atoms with Crippen LogP contribution >= 0.6 is 34.9 Å². The molecule has 9 N–H and O–H groups in total. The number of thiazole rings is 1. The van der Waals surface area contributed by atoms with Gasteiger partial charge in [-0.2, -0.15) is 0 Å². The van der Waals surface area contributed by atoms with Gasteiger partial charge in [0.1, 0.15) is 34.8 Å². The molecule has 0 aromatic carbocycles. The lowest BCUT2D eigenvalue weighted by Gasteiger charge is -2.49. The smallest absolute Gasteiger partial charge is 0.352 e. The van der Waals surface area contributed by atoms with Gasteiger partial charge in [-0.1, -0.05) is 23.8 Å². The second kappa shape index (κ2) is 13.0. The van der Waals surface area contributed by atoms with Gasteiger partial charge >= 0.3 is 11.9 Å². The second-order valence-corrected chi connectivity index (χ2v) is 12.1. The van der Waals surface area contributed by atoms with Crippen molar-refractivity contribution < 1.29 is 34.2 Å². The molecule has 3 aliphatic rings. The molecule has 0 bridgehead atoms. The summed E-state index contributed by atoms with van der Waals surface area (Å²) >= 11 is 3.59. The third-order valence-corrected chi connectivity index (χ3v) is 9.27. The zero-order chi connectivity index (χ0) is 30.7. The van der Waals surface area contributed by atoms with Gasteiger partial charge in [0.15, 0.2) is 16.0 Å². The maximum Gasteiger partial charge on any atom is 0.352 e. The number of oxime groups is 1. The van der Waals surface area contributed by atoms with E-state index < -0.39 is 47.4 Å². The first-order valence-electron chi connectivity index (χ1n) is 12.5. The number of β-lactam (4-membered cyclic amide) rings is 1. The quantitative estimate of drug-likeness (QED) is 0.102. The number of carbonyl (C=O) groups excluding carboxylic acids is 2. The highest BCUT2D eigenvalue weighted by atomic mass is 32.2. The number of fused-ring (bicyclic) bond motifs is 1. The average molecular weight is 640 g/mol. The van der Waals surface area contributed by atoms with Crippen molar-refractivity contribution in [3.8, 4) is 0 Å². The van der Waals surface area contributed by atoms with Crippen LogP contribution in [0.5, 0.6) is 0 Å². The summed E-state index contributed by atoms with van der Waals surface area (Å²) in [4.78, 5) is 66.1. The number of nitrogen functional groups attached to an aromatic ring is 1. The van der Waals surface area contributed by atoms with Crippen LogP contribution in [0.15, 0.2) is 38.7 Å². The standard InChI is InChI=1S/C23H29N9O7S3/c1-3-4-31-13(25)5-12(24)28-23(31)42-7-10-6-40-19-15(18(34)32(19)16(10)21(37)38)29-17(33)14(11-8-41-22(26)27-11)30-39-9(2)20(35)36/h5,8-9,13,15,19H,3-4,6-7,24-25H2,1-2H3,(H2,26,27)(H,29,33)(H,35,36)(H,37,38)/b30-14-/t9-,13?,15?,19-/m0/s1. The third kappa shape index (κ3) is 6.48. The lowest BCUT2D eigenvalue weighted by atomic mass is 10.0. The van der Waals surface area contributed by atoms with Crippen molar-refractivity contribution in [3.05, 3.63) is 34.2 Å². The molecule has 1 fully saturated rings. The van der Waals surface area contributed by atoms with Crippen LogP contribution < -0.4 is 22.5 Å². The average Bonchev–Trinajstić information content (AvgIpc) is 3.36. The maximum atomic E-state index is 13.2. The van der Waals surface area contributed by atoms with E-state index in [1.807, 2.05) is 11.8 Å². The molecule has 42 heavy (non-hydrogen) atoms. The fourth-order valence-electron chi connectivity index (χ4n) is 4.14. The minimum absolute atomic E-state index is 0.0240. The SMILES string of the molecule is CCCN1C(SCC2=C(C(=O)O)N3C(=O)C(NC(=O)/C(=N\O[C@@H](C)C(=O)O)c4csc(N)n4)[C@@H]3SC2)=NC(N)=CC1N. The topological polar surface area (TPSA) is 252 Å². The highest BCUT2D eigenvalue weighted by Crippen LogP contribution is 2.41. The van der Waals surface area contributed by atoms with Crippen molar-refractivity contribution in [2.75, 3.05) is 23.8 Å².